The number of fused-ring (bicyclic) bond motifs is 1. The van der Waals surface area contributed by atoms with Gasteiger partial charge in [0, 0.05) is 25.6 Å². The van der Waals surface area contributed by atoms with Crippen molar-refractivity contribution in [1.82, 2.24) is 10.5 Å². The lowest BCUT2D eigenvalue weighted by Crippen LogP contribution is -2.35. The van der Waals surface area contributed by atoms with E-state index in [1.54, 1.807) is 0 Å². The van der Waals surface area contributed by atoms with Crippen LogP contribution in [-0.4, -0.2) is 42.5 Å². The first-order valence-electron chi connectivity index (χ1n) is 6.15. The quantitative estimate of drug-likeness (QED) is 0.789. The van der Waals surface area contributed by atoms with Crippen LogP contribution in [0.2, 0.25) is 0 Å². The van der Waals surface area contributed by atoms with E-state index in [9.17, 15) is 9.90 Å². The van der Waals surface area contributed by atoms with Gasteiger partial charge in [0.2, 0.25) is 0 Å². The molecule has 6 heteroatoms. The van der Waals surface area contributed by atoms with Crippen LogP contribution in [0.4, 0.5) is 0 Å². The van der Waals surface area contributed by atoms with Gasteiger partial charge < -0.3 is 19.7 Å². The fourth-order valence-corrected chi connectivity index (χ4v) is 2.11. The molecule has 0 saturated carbocycles. The smallest absolute Gasteiger partial charge is 0.273 e. The zero-order valence-corrected chi connectivity index (χ0v) is 10.4. The molecular weight excluding hydrogens is 236 g/mol. The van der Waals surface area contributed by atoms with Crippen molar-refractivity contribution in [2.24, 2.45) is 0 Å². The van der Waals surface area contributed by atoms with E-state index in [2.05, 4.69) is 10.5 Å². The Hall–Kier alpha value is -1.40. The van der Waals surface area contributed by atoms with Crippen LogP contribution in [-0.2, 0) is 17.6 Å². The molecule has 0 saturated heterocycles. The molecule has 18 heavy (non-hydrogen) atoms. The van der Waals surface area contributed by atoms with Crippen LogP contribution in [0.15, 0.2) is 4.52 Å². The summed E-state index contributed by atoms with van der Waals surface area (Å²) in [4.78, 5) is 11.9. The highest BCUT2D eigenvalue weighted by atomic mass is 16.5. The summed E-state index contributed by atoms with van der Waals surface area (Å²) in [5.74, 6) is 0.529. The van der Waals surface area contributed by atoms with Crippen LogP contribution in [0.1, 0.15) is 34.7 Å². The predicted molar refractivity (Wildman–Crippen MR) is 63.4 cm³/mol. The third-order valence-corrected chi connectivity index (χ3v) is 3.02. The second-order valence-corrected chi connectivity index (χ2v) is 4.46. The van der Waals surface area contributed by atoms with Crippen molar-refractivity contribution < 1.29 is 19.2 Å². The molecule has 0 aliphatic heterocycles. The number of nitrogens with zero attached hydrogens (tertiary/aromatic N) is 1. The Kier molecular flexibility index (Phi) is 4.33. The number of ether oxygens (including phenoxy) is 1. The fraction of sp³-hybridized carbons (Fsp3) is 0.667. The zero-order valence-electron chi connectivity index (χ0n) is 10.4. The largest absolute Gasteiger partial charge is 0.389 e. The minimum Gasteiger partial charge on any atom is -0.389 e. The van der Waals surface area contributed by atoms with Crippen molar-refractivity contribution in [2.45, 2.75) is 31.8 Å². The Labute approximate surface area is 105 Å². The summed E-state index contributed by atoms with van der Waals surface area (Å²) in [7, 11) is 1.50. The van der Waals surface area contributed by atoms with E-state index in [-0.39, 0.29) is 19.1 Å². The number of carbonyl (C=O) groups excluding carboxylic acids is 1. The Morgan fingerprint density at radius 2 is 2.33 bits per heavy atom. The molecule has 0 radical (unpaired) electrons. The zero-order chi connectivity index (χ0) is 13.0. The topological polar surface area (TPSA) is 84.6 Å². The lowest BCUT2D eigenvalue weighted by atomic mass is 9.96. The number of aryl methyl sites for hydroxylation is 1. The normalized spacial score (nSPS) is 16.1. The first kappa shape index (κ1) is 13.0. The SMILES string of the molecule is COCC(O)CNC(=O)c1noc2c1CCCC2. The molecule has 0 spiro atoms. The lowest BCUT2D eigenvalue weighted by molar-refractivity contribution is 0.0607. The van der Waals surface area contributed by atoms with E-state index < -0.39 is 6.10 Å². The van der Waals surface area contributed by atoms with Gasteiger partial charge in [0.1, 0.15) is 5.76 Å². The van der Waals surface area contributed by atoms with Crippen LogP contribution in [0.3, 0.4) is 0 Å². The number of aromatic nitrogens is 1. The number of carbonyl (C=O) groups is 1. The molecule has 1 atom stereocenters. The Morgan fingerprint density at radius 1 is 1.56 bits per heavy atom. The minimum absolute atomic E-state index is 0.147. The maximum absolute atomic E-state index is 11.9. The summed E-state index contributed by atoms with van der Waals surface area (Å²) >= 11 is 0. The van der Waals surface area contributed by atoms with Gasteiger partial charge in [0.15, 0.2) is 5.69 Å². The molecule has 1 amide bonds. The van der Waals surface area contributed by atoms with E-state index in [0.717, 1.165) is 37.0 Å². The Bertz CT molecular complexity index is 416. The third kappa shape index (κ3) is 2.88. The average molecular weight is 254 g/mol. The fourth-order valence-electron chi connectivity index (χ4n) is 2.11. The van der Waals surface area contributed by atoms with Crippen molar-refractivity contribution in [1.29, 1.82) is 0 Å². The maximum Gasteiger partial charge on any atom is 0.273 e. The summed E-state index contributed by atoms with van der Waals surface area (Å²) in [6.45, 7) is 0.339. The Morgan fingerprint density at radius 3 is 3.11 bits per heavy atom. The molecule has 2 N–H and O–H groups in total. The predicted octanol–water partition coefficient (Wildman–Crippen LogP) is 0.290. The molecule has 6 nitrogen and oxygen atoms in total. The molecule has 0 bridgehead atoms. The lowest BCUT2D eigenvalue weighted by Gasteiger charge is -2.11. The summed E-state index contributed by atoms with van der Waals surface area (Å²) in [5, 5.41) is 15.9. The van der Waals surface area contributed by atoms with Gasteiger partial charge in [-0.05, 0) is 19.3 Å². The van der Waals surface area contributed by atoms with Crippen LogP contribution in [0, 0.1) is 0 Å². The number of aliphatic hydroxyl groups excluding tert-OH is 1. The number of hydrogen-bond acceptors (Lipinski definition) is 5. The number of rotatable bonds is 5. The summed E-state index contributed by atoms with van der Waals surface area (Å²) in [6.07, 6.45) is 3.11. The first-order chi connectivity index (χ1) is 8.72. The van der Waals surface area contributed by atoms with Crippen molar-refractivity contribution in [3.8, 4) is 0 Å². The molecule has 100 valence electrons. The van der Waals surface area contributed by atoms with Crippen molar-refractivity contribution in [2.75, 3.05) is 20.3 Å². The van der Waals surface area contributed by atoms with Crippen LogP contribution < -0.4 is 5.32 Å². The molecular formula is C12H18N2O4. The van der Waals surface area contributed by atoms with Gasteiger partial charge in [-0.3, -0.25) is 4.79 Å². The summed E-state index contributed by atoms with van der Waals surface area (Å²) < 4.78 is 9.95. The van der Waals surface area contributed by atoms with Crippen LogP contribution in [0.25, 0.3) is 0 Å². The van der Waals surface area contributed by atoms with Crippen LogP contribution >= 0.6 is 0 Å². The molecule has 0 fully saturated rings. The van der Waals surface area contributed by atoms with Crippen molar-refractivity contribution >= 4 is 5.91 Å². The van der Waals surface area contributed by atoms with E-state index in [1.165, 1.54) is 7.11 Å². The molecule has 1 aliphatic rings. The van der Waals surface area contributed by atoms with E-state index in [0.29, 0.717) is 5.69 Å². The number of hydrogen-bond donors (Lipinski definition) is 2. The number of methoxy groups -OCH3 is 1. The van der Waals surface area contributed by atoms with Gasteiger partial charge in [-0.15, -0.1) is 0 Å². The summed E-state index contributed by atoms with van der Waals surface area (Å²) in [5.41, 5.74) is 1.27. The van der Waals surface area contributed by atoms with Gasteiger partial charge in [0.05, 0.1) is 12.7 Å². The van der Waals surface area contributed by atoms with Gasteiger partial charge >= 0.3 is 0 Å². The van der Waals surface area contributed by atoms with Gasteiger partial charge in [0.25, 0.3) is 5.91 Å². The molecule has 1 unspecified atom stereocenters. The standard InChI is InChI=1S/C12H18N2O4/c1-17-7-8(15)6-13-12(16)11-9-4-2-3-5-10(9)18-14-11/h8,15H,2-7H2,1H3,(H,13,16). The number of nitrogens with one attached hydrogen (secondary N) is 1. The highest BCUT2D eigenvalue weighted by Crippen LogP contribution is 2.23. The molecule has 1 aromatic heterocycles. The average Bonchev–Trinajstić information content (AvgIpc) is 2.80. The second kappa shape index (κ2) is 5.97. The highest BCUT2D eigenvalue weighted by molar-refractivity contribution is 5.93. The minimum atomic E-state index is -0.707. The first-order valence-corrected chi connectivity index (χ1v) is 6.15. The van der Waals surface area contributed by atoms with Gasteiger partial charge in [-0.25, -0.2) is 0 Å². The van der Waals surface area contributed by atoms with E-state index >= 15 is 0 Å². The van der Waals surface area contributed by atoms with Crippen LogP contribution in [0.5, 0.6) is 0 Å². The molecule has 2 rings (SSSR count). The van der Waals surface area contributed by atoms with Gasteiger partial charge in [-0.1, -0.05) is 5.16 Å². The third-order valence-electron chi connectivity index (χ3n) is 3.02. The van der Waals surface area contributed by atoms with E-state index in [1.807, 2.05) is 0 Å². The van der Waals surface area contributed by atoms with Gasteiger partial charge in [-0.2, -0.15) is 0 Å². The monoisotopic (exact) mass is 254 g/mol. The molecule has 1 heterocycles. The maximum atomic E-state index is 11.9. The number of aliphatic hydroxyl groups is 1. The Balaban J connectivity index is 1.95. The summed E-state index contributed by atoms with van der Waals surface area (Å²) in [6, 6.07) is 0. The van der Waals surface area contributed by atoms with Crippen molar-refractivity contribution in [3.63, 3.8) is 0 Å². The molecule has 0 aromatic carbocycles. The molecule has 1 aromatic rings. The molecule has 1 aliphatic carbocycles. The second-order valence-electron chi connectivity index (χ2n) is 4.46. The highest BCUT2D eigenvalue weighted by Gasteiger charge is 2.24. The number of amides is 1. The van der Waals surface area contributed by atoms with E-state index in [4.69, 9.17) is 9.26 Å². The van der Waals surface area contributed by atoms with Crippen molar-refractivity contribution in [3.05, 3.63) is 17.0 Å².